The fourth-order valence-corrected chi connectivity index (χ4v) is 2.16. The largest absolute Gasteiger partial charge is 0.367 e. The Balaban J connectivity index is 2.21. The molecule has 1 aliphatic heterocycles. The number of aryl methyl sites for hydroxylation is 1. The minimum absolute atomic E-state index is 0.195. The normalized spacial score (nSPS) is 20.3. The van der Waals surface area contributed by atoms with Crippen molar-refractivity contribution in [1.29, 1.82) is 0 Å². The van der Waals surface area contributed by atoms with Gasteiger partial charge in [-0.2, -0.15) is 0 Å². The van der Waals surface area contributed by atoms with Crippen LogP contribution in [0.25, 0.3) is 0 Å². The van der Waals surface area contributed by atoms with Gasteiger partial charge in [0.05, 0.1) is 11.4 Å². The van der Waals surface area contributed by atoms with Crippen LogP contribution in [0.1, 0.15) is 19.5 Å². The zero-order valence-electron chi connectivity index (χ0n) is 9.75. The molecule has 1 fully saturated rings. The summed E-state index contributed by atoms with van der Waals surface area (Å²) in [5, 5.41) is 3.52. The van der Waals surface area contributed by atoms with E-state index in [1.165, 1.54) is 5.69 Å². The summed E-state index contributed by atoms with van der Waals surface area (Å²) in [5.41, 5.74) is 2.59. The van der Waals surface area contributed by atoms with Gasteiger partial charge in [-0.05, 0) is 32.9 Å². The lowest BCUT2D eigenvalue weighted by atomic mass is 10.0. The van der Waals surface area contributed by atoms with E-state index >= 15 is 0 Å². The summed E-state index contributed by atoms with van der Waals surface area (Å²) < 4.78 is 0. The Morgan fingerprint density at radius 1 is 1.47 bits per heavy atom. The van der Waals surface area contributed by atoms with Crippen LogP contribution in [-0.4, -0.2) is 30.2 Å². The summed E-state index contributed by atoms with van der Waals surface area (Å²) in [6, 6.07) is 4.17. The Morgan fingerprint density at radius 2 is 2.27 bits per heavy atom. The average molecular weight is 205 g/mol. The number of rotatable bonds is 1. The van der Waals surface area contributed by atoms with E-state index in [4.69, 9.17) is 0 Å². The molecule has 0 spiro atoms. The van der Waals surface area contributed by atoms with Gasteiger partial charge in [0, 0.05) is 31.4 Å². The summed E-state index contributed by atoms with van der Waals surface area (Å²) in [7, 11) is 0. The zero-order valence-corrected chi connectivity index (χ0v) is 9.75. The molecule has 0 atom stereocenters. The molecule has 3 nitrogen and oxygen atoms in total. The summed E-state index contributed by atoms with van der Waals surface area (Å²) in [6.07, 6.45) is 1.85. The van der Waals surface area contributed by atoms with E-state index in [2.05, 4.69) is 42.0 Å². The summed E-state index contributed by atoms with van der Waals surface area (Å²) in [5.74, 6) is 0. The first-order valence-corrected chi connectivity index (χ1v) is 5.50. The standard InChI is InChI=1S/C12H19N3/c1-10-11(5-4-6-13-10)15-8-7-14-12(2,3)9-15/h4-6,14H,7-9H2,1-3H3. The molecular formula is C12H19N3. The lowest BCUT2D eigenvalue weighted by Crippen LogP contribution is -2.57. The Kier molecular flexibility index (Phi) is 2.65. The molecule has 3 heteroatoms. The number of nitrogens with zero attached hydrogens (tertiary/aromatic N) is 2. The van der Waals surface area contributed by atoms with E-state index in [9.17, 15) is 0 Å². The highest BCUT2D eigenvalue weighted by molar-refractivity contribution is 5.50. The number of pyridine rings is 1. The van der Waals surface area contributed by atoms with Crippen LogP contribution in [0.3, 0.4) is 0 Å². The number of piperazine rings is 1. The molecule has 82 valence electrons. The highest BCUT2D eigenvalue weighted by Crippen LogP contribution is 2.21. The van der Waals surface area contributed by atoms with Gasteiger partial charge in [0.2, 0.25) is 0 Å². The second-order valence-corrected chi connectivity index (χ2v) is 4.84. The monoisotopic (exact) mass is 205 g/mol. The number of nitrogens with one attached hydrogen (secondary N) is 1. The zero-order chi connectivity index (χ0) is 10.9. The molecule has 0 amide bonds. The van der Waals surface area contributed by atoms with E-state index in [1.54, 1.807) is 0 Å². The van der Waals surface area contributed by atoms with Crippen molar-refractivity contribution in [2.45, 2.75) is 26.3 Å². The smallest absolute Gasteiger partial charge is 0.0605 e. The Hall–Kier alpha value is -1.09. The van der Waals surface area contributed by atoms with Gasteiger partial charge >= 0.3 is 0 Å². The van der Waals surface area contributed by atoms with Gasteiger partial charge < -0.3 is 10.2 Å². The minimum atomic E-state index is 0.195. The lowest BCUT2D eigenvalue weighted by molar-refractivity contribution is 0.352. The number of anilines is 1. The maximum absolute atomic E-state index is 4.34. The van der Waals surface area contributed by atoms with Crippen LogP contribution >= 0.6 is 0 Å². The average Bonchev–Trinajstić information content (AvgIpc) is 2.17. The minimum Gasteiger partial charge on any atom is -0.367 e. The molecule has 1 saturated heterocycles. The third-order valence-electron chi connectivity index (χ3n) is 2.89. The van der Waals surface area contributed by atoms with Gasteiger partial charge in [0.1, 0.15) is 0 Å². The van der Waals surface area contributed by atoms with E-state index in [1.807, 2.05) is 12.3 Å². The summed E-state index contributed by atoms with van der Waals surface area (Å²) in [6.45, 7) is 9.71. The van der Waals surface area contributed by atoms with Crippen LogP contribution in [0.5, 0.6) is 0 Å². The Morgan fingerprint density at radius 3 is 2.93 bits per heavy atom. The predicted octanol–water partition coefficient (Wildman–Crippen LogP) is 1.58. The van der Waals surface area contributed by atoms with E-state index in [0.29, 0.717) is 0 Å². The Bertz CT molecular complexity index is 346. The molecule has 1 aliphatic rings. The second-order valence-electron chi connectivity index (χ2n) is 4.84. The number of hydrogen-bond donors (Lipinski definition) is 1. The van der Waals surface area contributed by atoms with Crippen molar-refractivity contribution >= 4 is 5.69 Å². The molecular weight excluding hydrogens is 186 g/mol. The molecule has 1 aromatic rings. The number of aromatic nitrogens is 1. The van der Waals surface area contributed by atoms with Crippen LogP contribution < -0.4 is 10.2 Å². The van der Waals surface area contributed by atoms with Crippen LogP contribution in [-0.2, 0) is 0 Å². The molecule has 2 rings (SSSR count). The molecule has 0 aromatic carbocycles. The fraction of sp³-hybridized carbons (Fsp3) is 0.583. The van der Waals surface area contributed by atoms with Crippen molar-refractivity contribution in [1.82, 2.24) is 10.3 Å². The molecule has 1 aromatic heterocycles. The highest BCUT2D eigenvalue weighted by Gasteiger charge is 2.26. The van der Waals surface area contributed by atoms with Gasteiger partial charge in [0.15, 0.2) is 0 Å². The summed E-state index contributed by atoms with van der Waals surface area (Å²) in [4.78, 5) is 6.76. The molecule has 0 saturated carbocycles. The molecule has 1 N–H and O–H groups in total. The van der Waals surface area contributed by atoms with Crippen LogP contribution in [0.2, 0.25) is 0 Å². The third-order valence-corrected chi connectivity index (χ3v) is 2.89. The van der Waals surface area contributed by atoms with E-state index < -0.39 is 0 Å². The quantitative estimate of drug-likeness (QED) is 0.754. The van der Waals surface area contributed by atoms with Crippen molar-refractivity contribution in [3.05, 3.63) is 24.0 Å². The molecule has 0 unspecified atom stereocenters. The molecule has 0 radical (unpaired) electrons. The highest BCUT2D eigenvalue weighted by atomic mass is 15.2. The fourth-order valence-electron chi connectivity index (χ4n) is 2.16. The van der Waals surface area contributed by atoms with Crippen molar-refractivity contribution in [2.75, 3.05) is 24.5 Å². The molecule has 15 heavy (non-hydrogen) atoms. The maximum atomic E-state index is 4.34. The van der Waals surface area contributed by atoms with Crippen molar-refractivity contribution < 1.29 is 0 Å². The first kappa shape index (κ1) is 10.4. The molecule has 0 aliphatic carbocycles. The molecule has 2 heterocycles. The molecule has 0 bridgehead atoms. The SMILES string of the molecule is Cc1ncccc1N1CCNC(C)(C)C1. The second kappa shape index (κ2) is 3.81. The first-order chi connectivity index (χ1) is 7.08. The van der Waals surface area contributed by atoms with Crippen molar-refractivity contribution in [3.63, 3.8) is 0 Å². The van der Waals surface area contributed by atoms with Crippen LogP contribution in [0.4, 0.5) is 5.69 Å². The van der Waals surface area contributed by atoms with Gasteiger partial charge in [0.25, 0.3) is 0 Å². The van der Waals surface area contributed by atoms with E-state index in [0.717, 1.165) is 25.3 Å². The maximum Gasteiger partial charge on any atom is 0.0605 e. The van der Waals surface area contributed by atoms with Gasteiger partial charge in [-0.3, -0.25) is 4.98 Å². The third kappa shape index (κ3) is 2.29. The van der Waals surface area contributed by atoms with E-state index in [-0.39, 0.29) is 5.54 Å². The number of hydrogen-bond acceptors (Lipinski definition) is 3. The van der Waals surface area contributed by atoms with Crippen molar-refractivity contribution in [2.24, 2.45) is 0 Å². The lowest BCUT2D eigenvalue weighted by Gasteiger charge is -2.40. The Labute approximate surface area is 91.5 Å². The van der Waals surface area contributed by atoms with Gasteiger partial charge in [-0.15, -0.1) is 0 Å². The topological polar surface area (TPSA) is 28.2 Å². The predicted molar refractivity (Wildman–Crippen MR) is 63.3 cm³/mol. The van der Waals surface area contributed by atoms with Crippen LogP contribution in [0, 0.1) is 6.92 Å². The van der Waals surface area contributed by atoms with Crippen LogP contribution in [0.15, 0.2) is 18.3 Å². The van der Waals surface area contributed by atoms with Gasteiger partial charge in [-0.25, -0.2) is 0 Å². The summed E-state index contributed by atoms with van der Waals surface area (Å²) >= 11 is 0. The van der Waals surface area contributed by atoms with Gasteiger partial charge in [-0.1, -0.05) is 0 Å². The first-order valence-electron chi connectivity index (χ1n) is 5.50. The van der Waals surface area contributed by atoms with Crippen molar-refractivity contribution in [3.8, 4) is 0 Å².